The van der Waals surface area contributed by atoms with Gasteiger partial charge in [0.05, 0.1) is 16.4 Å². The Morgan fingerprint density at radius 3 is 2.55 bits per heavy atom. The molecule has 4 aromatic rings. The summed E-state index contributed by atoms with van der Waals surface area (Å²) >= 11 is 3.47. The highest BCUT2D eigenvalue weighted by Gasteiger charge is 2.13. The number of benzene rings is 2. The summed E-state index contributed by atoms with van der Waals surface area (Å²) in [4.78, 5) is 14.9. The summed E-state index contributed by atoms with van der Waals surface area (Å²) in [5.74, 6) is 1.08. The number of para-hydroxylation sites is 1. The maximum absolute atomic E-state index is 10.3. The first-order valence-corrected chi connectivity index (χ1v) is 11.6. The van der Waals surface area contributed by atoms with E-state index in [1.807, 2.05) is 62.5 Å². The zero-order valence-corrected chi connectivity index (χ0v) is 20.3. The molecule has 2 aromatic carbocycles. The molecule has 8 heteroatoms. The number of fused-ring (bicyclic) bond motifs is 1. The first-order valence-electron chi connectivity index (χ1n) is 10.8. The van der Waals surface area contributed by atoms with Crippen LogP contribution >= 0.6 is 15.9 Å². The molecule has 1 unspecified atom stereocenters. The van der Waals surface area contributed by atoms with Crippen molar-refractivity contribution >= 4 is 33.7 Å². The van der Waals surface area contributed by atoms with Gasteiger partial charge in [0.15, 0.2) is 5.65 Å². The number of aromatic nitrogens is 3. The second-order valence-corrected chi connectivity index (χ2v) is 8.35. The van der Waals surface area contributed by atoms with Gasteiger partial charge in [-0.05, 0) is 53.6 Å². The molecule has 0 aliphatic rings. The molecule has 2 heterocycles. The standard InChI is InChI=1S/C16H18BrN5O.C9H10O/c1-18-7-4-8-19-15-9-13(11-5-2-3-6-14(11)23)21-16-12(17)10-20-22(15)16;1-8(7-10)9-5-3-2-4-6-9/h2-3,5-6,9-10,18-19,23H,4,7-8H2,1H3;2-8H,1H3. The Morgan fingerprint density at radius 2 is 1.85 bits per heavy atom. The molecular formula is C25H28BrN5O2. The highest BCUT2D eigenvalue weighted by atomic mass is 79.9. The maximum Gasteiger partial charge on any atom is 0.172 e. The molecule has 0 radical (unpaired) electrons. The average molecular weight is 510 g/mol. The van der Waals surface area contributed by atoms with Gasteiger partial charge in [-0.25, -0.2) is 4.98 Å². The van der Waals surface area contributed by atoms with Crippen LogP contribution in [0.1, 0.15) is 24.8 Å². The van der Waals surface area contributed by atoms with E-state index in [1.54, 1.807) is 22.8 Å². The van der Waals surface area contributed by atoms with Crippen LogP contribution in [0.2, 0.25) is 0 Å². The predicted octanol–water partition coefficient (Wildman–Crippen LogP) is 4.87. The Bertz CT molecular complexity index is 1180. The van der Waals surface area contributed by atoms with Gasteiger partial charge in [-0.15, -0.1) is 0 Å². The quantitative estimate of drug-likeness (QED) is 0.231. The van der Waals surface area contributed by atoms with Gasteiger partial charge in [0.2, 0.25) is 0 Å². The minimum Gasteiger partial charge on any atom is -0.507 e. The van der Waals surface area contributed by atoms with E-state index in [9.17, 15) is 9.90 Å². The lowest BCUT2D eigenvalue weighted by Gasteiger charge is -2.11. The molecule has 4 rings (SSSR count). The molecule has 0 aliphatic carbocycles. The van der Waals surface area contributed by atoms with Crippen LogP contribution in [0.15, 0.2) is 71.3 Å². The van der Waals surface area contributed by atoms with E-state index in [2.05, 4.69) is 36.6 Å². The number of halogens is 1. The third kappa shape index (κ3) is 6.40. The molecule has 0 fully saturated rings. The number of aromatic hydroxyl groups is 1. The molecule has 7 nitrogen and oxygen atoms in total. The number of nitrogens with one attached hydrogen (secondary N) is 2. The Hall–Kier alpha value is -3.23. The first kappa shape index (κ1) is 24.4. The van der Waals surface area contributed by atoms with Crippen LogP contribution in [0.25, 0.3) is 16.9 Å². The molecule has 0 spiro atoms. The molecule has 172 valence electrons. The van der Waals surface area contributed by atoms with Crippen LogP contribution in [0, 0.1) is 0 Å². The summed E-state index contributed by atoms with van der Waals surface area (Å²) in [6.45, 7) is 3.65. The van der Waals surface area contributed by atoms with Gasteiger partial charge >= 0.3 is 0 Å². The average Bonchev–Trinajstić information content (AvgIpc) is 3.23. The highest BCUT2D eigenvalue weighted by molar-refractivity contribution is 9.10. The SMILES string of the molecule is CC(C=O)c1ccccc1.CNCCCNc1cc(-c2ccccc2O)nc2c(Br)cnn12. The van der Waals surface area contributed by atoms with E-state index >= 15 is 0 Å². The monoisotopic (exact) mass is 509 g/mol. The lowest BCUT2D eigenvalue weighted by atomic mass is 10.0. The van der Waals surface area contributed by atoms with Crippen molar-refractivity contribution in [3.05, 3.63) is 76.9 Å². The second kappa shape index (κ2) is 12.1. The Morgan fingerprint density at radius 1 is 1.12 bits per heavy atom. The first-order chi connectivity index (χ1) is 16.0. The molecule has 0 aliphatic heterocycles. The lowest BCUT2D eigenvalue weighted by Crippen LogP contribution is -2.14. The van der Waals surface area contributed by atoms with E-state index in [-0.39, 0.29) is 11.7 Å². The van der Waals surface area contributed by atoms with Gasteiger partial charge in [0.1, 0.15) is 17.9 Å². The number of phenolic OH excluding ortho intramolecular Hbond substituents is 1. The third-order valence-electron chi connectivity index (χ3n) is 5.05. The zero-order valence-electron chi connectivity index (χ0n) is 18.7. The summed E-state index contributed by atoms with van der Waals surface area (Å²) < 4.78 is 2.57. The number of aldehydes is 1. The van der Waals surface area contributed by atoms with Gasteiger partial charge in [0, 0.05) is 24.1 Å². The van der Waals surface area contributed by atoms with Crippen molar-refractivity contribution in [2.24, 2.45) is 0 Å². The maximum atomic E-state index is 10.3. The lowest BCUT2D eigenvalue weighted by molar-refractivity contribution is -0.108. The second-order valence-electron chi connectivity index (χ2n) is 7.49. The number of phenols is 1. The molecular weight excluding hydrogens is 482 g/mol. The van der Waals surface area contributed by atoms with Crippen molar-refractivity contribution in [2.45, 2.75) is 19.3 Å². The summed E-state index contributed by atoms with van der Waals surface area (Å²) in [5.41, 5.74) is 3.19. The van der Waals surface area contributed by atoms with Crippen LogP contribution in [-0.2, 0) is 4.79 Å². The summed E-state index contributed by atoms with van der Waals surface area (Å²) in [7, 11) is 1.94. The fourth-order valence-corrected chi connectivity index (χ4v) is 3.56. The Balaban J connectivity index is 0.000000257. The third-order valence-corrected chi connectivity index (χ3v) is 5.61. The predicted molar refractivity (Wildman–Crippen MR) is 136 cm³/mol. The number of nitrogens with zero attached hydrogens (tertiary/aromatic N) is 3. The fourth-order valence-electron chi connectivity index (χ4n) is 3.21. The van der Waals surface area contributed by atoms with Crippen LogP contribution in [-0.4, -0.2) is 46.1 Å². The smallest absolute Gasteiger partial charge is 0.172 e. The van der Waals surface area contributed by atoms with Crippen molar-refractivity contribution in [1.29, 1.82) is 0 Å². The number of anilines is 1. The van der Waals surface area contributed by atoms with E-state index in [0.717, 1.165) is 41.7 Å². The highest BCUT2D eigenvalue weighted by Crippen LogP contribution is 2.30. The zero-order chi connectivity index (χ0) is 23.6. The molecule has 0 amide bonds. The van der Waals surface area contributed by atoms with Crippen molar-refractivity contribution in [1.82, 2.24) is 19.9 Å². The number of hydrogen-bond acceptors (Lipinski definition) is 6. The van der Waals surface area contributed by atoms with Crippen molar-refractivity contribution in [3.8, 4) is 17.0 Å². The minimum absolute atomic E-state index is 0.0289. The summed E-state index contributed by atoms with van der Waals surface area (Å²) in [5, 5.41) is 20.9. The minimum atomic E-state index is 0.0289. The van der Waals surface area contributed by atoms with E-state index < -0.39 is 0 Å². The molecule has 2 aromatic heterocycles. The normalized spacial score (nSPS) is 11.5. The van der Waals surface area contributed by atoms with Crippen LogP contribution in [0.5, 0.6) is 5.75 Å². The number of rotatable bonds is 8. The fraction of sp³-hybridized carbons (Fsp3) is 0.240. The van der Waals surface area contributed by atoms with Gasteiger partial charge in [0.25, 0.3) is 0 Å². The van der Waals surface area contributed by atoms with E-state index in [0.29, 0.717) is 16.9 Å². The Labute approximate surface area is 202 Å². The number of carbonyl (C=O) groups is 1. The van der Waals surface area contributed by atoms with Gasteiger partial charge in [-0.2, -0.15) is 9.61 Å². The van der Waals surface area contributed by atoms with Crippen LogP contribution in [0.4, 0.5) is 5.82 Å². The van der Waals surface area contributed by atoms with Crippen LogP contribution in [0.3, 0.4) is 0 Å². The van der Waals surface area contributed by atoms with Gasteiger partial charge < -0.3 is 20.5 Å². The van der Waals surface area contributed by atoms with Crippen LogP contribution < -0.4 is 10.6 Å². The largest absolute Gasteiger partial charge is 0.507 e. The molecule has 0 bridgehead atoms. The molecule has 0 saturated carbocycles. The number of carbonyl (C=O) groups excluding carboxylic acids is 1. The Kier molecular flexibility index (Phi) is 8.97. The summed E-state index contributed by atoms with van der Waals surface area (Å²) in [6, 6.07) is 18.8. The van der Waals surface area contributed by atoms with E-state index in [1.165, 1.54) is 0 Å². The molecule has 1 atom stereocenters. The van der Waals surface area contributed by atoms with Crippen molar-refractivity contribution in [3.63, 3.8) is 0 Å². The molecule has 33 heavy (non-hydrogen) atoms. The molecule has 0 saturated heterocycles. The number of hydrogen-bond donors (Lipinski definition) is 3. The topological polar surface area (TPSA) is 91.5 Å². The van der Waals surface area contributed by atoms with Gasteiger partial charge in [-0.1, -0.05) is 49.4 Å². The van der Waals surface area contributed by atoms with E-state index in [4.69, 9.17) is 0 Å². The molecule has 3 N–H and O–H groups in total. The van der Waals surface area contributed by atoms with Gasteiger partial charge in [-0.3, -0.25) is 0 Å². The van der Waals surface area contributed by atoms with Crippen molar-refractivity contribution < 1.29 is 9.90 Å². The van der Waals surface area contributed by atoms with Crippen molar-refractivity contribution in [2.75, 3.05) is 25.5 Å². The summed E-state index contributed by atoms with van der Waals surface area (Å²) in [6.07, 6.45) is 3.67.